The van der Waals surface area contributed by atoms with Crippen LogP contribution in [0.25, 0.3) is 0 Å². The summed E-state index contributed by atoms with van der Waals surface area (Å²) in [6, 6.07) is 13.4. The summed E-state index contributed by atoms with van der Waals surface area (Å²) in [6.07, 6.45) is 0.551. The first-order valence-corrected chi connectivity index (χ1v) is 9.09. The van der Waals surface area contributed by atoms with Crippen LogP contribution in [0.1, 0.15) is 23.7 Å². The number of carbonyl (C=O) groups excluding carboxylic acids is 3. The normalized spacial score (nSPS) is 10.0. The molecule has 8 nitrogen and oxygen atoms in total. The Kier molecular flexibility index (Phi) is 8.50. The Morgan fingerprint density at radius 1 is 0.931 bits per heavy atom. The molecule has 0 unspecified atom stereocenters. The zero-order chi connectivity index (χ0) is 21.1. The molecule has 29 heavy (non-hydrogen) atoms. The number of methoxy groups -OCH3 is 1. The summed E-state index contributed by atoms with van der Waals surface area (Å²) in [5.74, 6) is 0.357. The fourth-order valence-electron chi connectivity index (χ4n) is 2.42. The molecule has 0 aliphatic heterocycles. The first kappa shape index (κ1) is 21.7. The molecule has 2 N–H and O–H groups in total. The van der Waals surface area contributed by atoms with Crippen molar-refractivity contribution in [3.05, 3.63) is 54.1 Å². The average Bonchev–Trinajstić information content (AvgIpc) is 2.71. The van der Waals surface area contributed by atoms with Gasteiger partial charge >= 0.3 is 5.97 Å². The summed E-state index contributed by atoms with van der Waals surface area (Å²) >= 11 is 0. The van der Waals surface area contributed by atoms with Crippen molar-refractivity contribution in [2.45, 2.75) is 13.3 Å². The molecule has 8 heteroatoms. The Morgan fingerprint density at radius 2 is 1.66 bits per heavy atom. The number of nitrogens with one attached hydrogen (secondary N) is 2. The first-order valence-electron chi connectivity index (χ1n) is 9.09. The van der Waals surface area contributed by atoms with Crippen molar-refractivity contribution in [2.24, 2.45) is 0 Å². The fourth-order valence-corrected chi connectivity index (χ4v) is 2.42. The van der Waals surface area contributed by atoms with E-state index in [4.69, 9.17) is 14.2 Å². The highest BCUT2D eigenvalue weighted by molar-refractivity contribution is 5.94. The number of para-hydroxylation sites is 2. The van der Waals surface area contributed by atoms with E-state index in [0.717, 1.165) is 0 Å². The van der Waals surface area contributed by atoms with Crippen LogP contribution in [0.5, 0.6) is 17.2 Å². The molecule has 0 aliphatic carbocycles. The van der Waals surface area contributed by atoms with E-state index >= 15 is 0 Å². The summed E-state index contributed by atoms with van der Waals surface area (Å²) in [5.41, 5.74) is 0.387. The van der Waals surface area contributed by atoms with E-state index in [2.05, 4.69) is 10.6 Å². The third kappa shape index (κ3) is 7.53. The summed E-state index contributed by atoms with van der Waals surface area (Å²) < 4.78 is 15.6. The van der Waals surface area contributed by atoms with Crippen molar-refractivity contribution in [2.75, 3.05) is 26.8 Å². The molecule has 0 saturated heterocycles. The molecule has 0 aliphatic rings. The van der Waals surface area contributed by atoms with E-state index in [1.807, 2.05) is 6.07 Å². The number of amides is 2. The van der Waals surface area contributed by atoms with Crippen LogP contribution in [-0.4, -0.2) is 44.6 Å². The summed E-state index contributed by atoms with van der Waals surface area (Å²) in [4.78, 5) is 35.0. The Balaban J connectivity index is 1.65. The highest BCUT2D eigenvalue weighted by Crippen LogP contribution is 2.25. The second-order valence-corrected chi connectivity index (χ2v) is 6.02. The molecule has 0 radical (unpaired) electrons. The maximum absolute atomic E-state index is 12.1. The van der Waals surface area contributed by atoms with Crippen LogP contribution in [0.2, 0.25) is 0 Å². The maximum Gasteiger partial charge on any atom is 0.308 e. The minimum absolute atomic E-state index is 0.129. The number of hydrogen-bond donors (Lipinski definition) is 2. The molecular formula is C21H24N2O6. The number of hydrogen-bond acceptors (Lipinski definition) is 6. The summed E-state index contributed by atoms with van der Waals surface area (Å²) in [5, 5.41) is 5.47. The second-order valence-electron chi connectivity index (χ2n) is 6.02. The Hall–Kier alpha value is -3.55. The Bertz CT molecular complexity index is 853. The van der Waals surface area contributed by atoms with Gasteiger partial charge in [-0.3, -0.25) is 14.4 Å². The monoisotopic (exact) mass is 400 g/mol. The van der Waals surface area contributed by atoms with Gasteiger partial charge in [-0.15, -0.1) is 0 Å². The van der Waals surface area contributed by atoms with Gasteiger partial charge in [0.1, 0.15) is 5.75 Å². The third-order valence-corrected chi connectivity index (χ3v) is 3.75. The molecule has 0 saturated carbocycles. The lowest BCUT2D eigenvalue weighted by molar-refractivity contribution is -0.131. The van der Waals surface area contributed by atoms with Gasteiger partial charge in [-0.25, -0.2) is 0 Å². The highest BCUT2D eigenvalue weighted by atomic mass is 16.5. The van der Waals surface area contributed by atoms with Gasteiger partial charge in [0.2, 0.25) is 0 Å². The van der Waals surface area contributed by atoms with Crippen molar-refractivity contribution in [1.82, 2.24) is 10.6 Å². The van der Waals surface area contributed by atoms with Crippen molar-refractivity contribution >= 4 is 17.8 Å². The summed E-state index contributed by atoms with van der Waals surface area (Å²) in [6.45, 7) is 1.93. The van der Waals surface area contributed by atoms with Crippen molar-refractivity contribution in [3.63, 3.8) is 0 Å². The van der Waals surface area contributed by atoms with Crippen LogP contribution >= 0.6 is 0 Å². The van der Waals surface area contributed by atoms with Gasteiger partial charge < -0.3 is 24.8 Å². The largest absolute Gasteiger partial charge is 0.493 e. The Labute approximate surface area is 169 Å². The van der Waals surface area contributed by atoms with Gasteiger partial charge in [-0.05, 0) is 36.8 Å². The van der Waals surface area contributed by atoms with Gasteiger partial charge in [-0.1, -0.05) is 18.2 Å². The SMILES string of the molecule is COc1ccccc1OCC(=O)NCCCNC(=O)c1cccc(OC(C)=O)c1. The quantitative estimate of drug-likeness (QED) is 0.359. The van der Waals surface area contributed by atoms with Gasteiger partial charge in [0.25, 0.3) is 11.8 Å². The molecule has 0 heterocycles. The van der Waals surface area contributed by atoms with Gasteiger partial charge in [0, 0.05) is 25.6 Å². The molecular weight excluding hydrogens is 376 g/mol. The molecule has 0 fully saturated rings. The number of rotatable bonds is 10. The maximum atomic E-state index is 12.1. The minimum atomic E-state index is -0.451. The van der Waals surface area contributed by atoms with Crippen LogP contribution in [-0.2, 0) is 9.59 Å². The molecule has 2 amide bonds. The van der Waals surface area contributed by atoms with Crippen LogP contribution in [0.4, 0.5) is 0 Å². The smallest absolute Gasteiger partial charge is 0.308 e. The molecule has 154 valence electrons. The standard InChI is InChI=1S/C21H24N2O6/c1-15(24)29-17-8-5-7-16(13-17)21(26)23-12-6-11-22-20(25)14-28-19-10-4-3-9-18(19)27-2/h3-5,7-10,13H,6,11-12,14H2,1-2H3,(H,22,25)(H,23,26). The van der Waals surface area contributed by atoms with Gasteiger partial charge in [-0.2, -0.15) is 0 Å². The van der Waals surface area contributed by atoms with E-state index in [0.29, 0.717) is 42.3 Å². The van der Waals surface area contributed by atoms with Crippen molar-refractivity contribution < 1.29 is 28.6 Å². The van der Waals surface area contributed by atoms with E-state index in [-0.39, 0.29) is 18.4 Å². The number of ether oxygens (including phenoxy) is 3. The molecule has 0 spiro atoms. The Morgan fingerprint density at radius 3 is 2.38 bits per heavy atom. The second kappa shape index (κ2) is 11.3. The third-order valence-electron chi connectivity index (χ3n) is 3.75. The predicted octanol–water partition coefficient (Wildman–Crippen LogP) is 1.94. The van der Waals surface area contributed by atoms with E-state index in [1.165, 1.54) is 20.1 Å². The van der Waals surface area contributed by atoms with E-state index in [1.54, 1.807) is 36.4 Å². The lowest BCUT2D eigenvalue weighted by Crippen LogP contribution is -2.32. The molecule has 2 rings (SSSR count). The van der Waals surface area contributed by atoms with Gasteiger partial charge in [0.05, 0.1) is 7.11 Å². The lowest BCUT2D eigenvalue weighted by Gasteiger charge is -2.11. The average molecular weight is 400 g/mol. The number of benzene rings is 2. The van der Waals surface area contributed by atoms with E-state index in [9.17, 15) is 14.4 Å². The van der Waals surface area contributed by atoms with E-state index < -0.39 is 5.97 Å². The molecule has 0 atom stereocenters. The topological polar surface area (TPSA) is 103 Å². The highest BCUT2D eigenvalue weighted by Gasteiger charge is 2.08. The van der Waals surface area contributed by atoms with Crippen LogP contribution < -0.4 is 24.8 Å². The molecule has 0 aromatic heterocycles. The molecule has 2 aromatic carbocycles. The first-order chi connectivity index (χ1) is 14.0. The molecule has 0 bridgehead atoms. The zero-order valence-electron chi connectivity index (χ0n) is 16.4. The van der Waals surface area contributed by atoms with Crippen LogP contribution in [0.3, 0.4) is 0 Å². The van der Waals surface area contributed by atoms with Crippen LogP contribution in [0, 0.1) is 0 Å². The summed E-state index contributed by atoms with van der Waals surface area (Å²) in [7, 11) is 1.53. The predicted molar refractivity (Wildman–Crippen MR) is 106 cm³/mol. The van der Waals surface area contributed by atoms with Gasteiger partial charge in [0.15, 0.2) is 18.1 Å². The van der Waals surface area contributed by atoms with Crippen molar-refractivity contribution in [3.8, 4) is 17.2 Å². The lowest BCUT2D eigenvalue weighted by atomic mass is 10.2. The van der Waals surface area contributed by atoms with Crippen LogP contribution in [0.15, 0.2) is 48.5 Å². The van der Waals surface area contributed by atoms with Crippen molar-refractivity contribution in [1.29, 1.82) is 0 Å². The zero-order valence-corrected chi connectivity index (χ0v) is 16.4. The molecule has 2 aromatic rings. The fraction of sp³-hybridized carbons (Fsp3) is 0.286. The number of carbonyl (C=O) groups is 3. The number of esters is 1. The minimum Gasteiger partial charge on any atom is -0.493 e.